The highest BCUT2D eigenvalue weighted by atomic mass is 32.2. The lowest BCUT2D eigenvalue weighted by Gasteiger charge is -2.20. The van der Waals surface area contributed by atoms with Gasteiger partial charge in [0.2, 0.25) is 0 Å². The zero-order valence-corrected chi connectivity index (χ0v) is 11.3. The third kappa shape index (κ3) is 6.42. The van der Waals surface area contributed by atoms with Gasteiger partial charge in [0.05, 0.1) is 23.7 Å². The Bertz CT molecular complexity index is 277. The van der Waals surface area contributed by atoms with Crippen molar-refractivity contribution >= 4 is 9.84 Å². The molecule has 0 saturated carbocycles. The standard InChI is InChI=1S/C10H23NO4S/c1-9(2)16(13,14)6-5-11(3)7-10(12)8-15-4/h9-10,12H,5-8H2,1-4H3. The van der Waals surface area contributed by atoms with Gasteiger partial charge in [0.15, 0.2) is 9.84 Å². The van der Waals surface area contributed by atoms with E-state index >= 15 is 0 Å². The fourth-order valence-corrected chi connectivity index (χ4v) is 2.25. The fraction of sp³-hybridized carbons (Fsp3) is 1.00. The quantitative estimate of drug-likeness (QED) is 0.646. The van der Waals surface area contributed by atoms with E-state index in [1.165, 1.54) is 7.11 Å². The molecule has 0 aliphatic heterocycles. The van der Waals surface area contributed by atoms with Crippen LogP contribution in [0.3, 0.4) is 0 Å². The smallest absolute Gasteiger partial charge is 0.153 e. The summed E-state index contributed by atoms with van der Waals surface area (Å²) >= 11 is 0. The van der Waals surface area contributed by atoms with Crippen molar-refractivity contribution in [3.8, 4) is 0 Å². The largest absolute Gasteiger partial charge is 0.389 e. The highest BCUT2D eigenvalue weighted by molar-refractivity contribution is 7.92. The Balaban J connectivity index is 3.94. The summed E-state index contributed by atoms with van der Waals surface area (Å²) in [4.78, 5) is 1.80. The van der Waals surface area contributed by atoms with Gasteiger partial charge in [-0.15, -0.1) is 0 Å². The average Bonchev–Trinajstić information content (AvgIpc) is 2.15. The predicted octanol–water partition coefficient (Wildman–Crippen LogP) is -0.251. The minimum Gasteiger partial charge on any atom is -0.389 e. The average molecular weight is 253 g/mol. The number of aliphatic hydroxyl groups is 1. The number of sulfone groups is 1. The van der Waals surface area contributed by atoms with E-state index < -0.39 is 15.9 Å². The van der Waals surface area contributed by atoms with Crippen LogP contribution in [-0.2, 0) is 14.6 Å². The Morgan fingerprint density at radius 2 is 1.94 bits per heavy atom. The lowest BCUT2D eigenvalue weighted by Crippen LogP contribution is -2.36. The zero-order chi connectivity index (χ0) is 12.8. The minimum absolute atomic E-state index is 0.126. The molecule has 0 spiro atoms. The molecule has 0 aromatic carbocycles. The maximum atomic E-state index is 11.5. The topological polar surface area (TPSA) is 66.8 Å². The molecule has 6 heteroatoms. The van der Waals surface area contributed by atoms with Crippen LogP contribution in [0.15, 0.2) is 0 Å². The molecule has 0 amide bonds. The van der Waals surface area contributed by atoms with Gasteiger partial charge in [-0.05, 0) is 20.9 Å². The molecule has 1 N–H and O–H groups in total. The molecule has 0 aromatic heterocycles. The molecule has 0 aromatic rings. The predicted molar refractivity (Wildman–Crippen MR) is 64.3 cm³/mol. The Morgan fingerprint density at radius 1 is 1.38 bits per heavy atom. The number of hydrogen-bond acceptors (Lipinski definition) is 5. The van der Waals surface area contributed by atoms with Gasteiger partial charge in [0.1, 0.15) is 0 Å². The lowest BCUT2D eigenvalue weighted by atomic mass is 10.3. The molecule has 1 unspecified atom stereocenters. The molecule has 0 aliphatic carbocycles. The SMILES string of the molecule is COCC(O)CN(C)CCS(=O)(=O)C(C)C. The summed E-state index contributed by atoms with van der Waals surface area (Å²) in [5.41, 5.74) is 0. The van der Waals surface area contributed by atoms with E-state index in [1.807, 2.05) is 0 Å². The molecule has 0 rings (SSSR count). The van der Waals surface area contributed by atoms with Crippen LogP contribution in [0.4, 0.5) is 0 Å². The number of rotatable bonds is 8. The van der Waals surface area contributed by atoms with E-state index in [0.717, 1.165) is 0 Å². The van der Waals surface area contributed by atoms with Crippen molar-refractivity contribution in [2.75, 3.05) is 39.6 Å². The van der Waals surface area contributed by atoms with Crippen molar-refractivity contribution in [3.63, 3.8) is 0 Å². The van der Waals surface area contributed by atoms with Gasteiger partial charge in [0.25, 0.3) is 0 Å². The van der Waals surface area contributed by atoms with E-state index in [1.54, 1.807) is 25.8 Å². The van der Waals surface area contributed by atoms with Crippen LogP contribution in [0.2, 0.25) is 0 Å². The number of nitrogens with zero attached hydrogens (tertiary/aromatic N) is 1. The number of methoxy groups -OCH3 is 1. The van der Waals surface area contributed by atoms with Gasteiger partial charge in [-0.3, -0.25) is 0 Å². The van der Waals surface area contributed by atoms with Crippen molar-refractivity contribution in [3.05, 3.63) is 0 Å². The van der Waals surface area contributed by atoms with E-state index in [0.29, 0.717) is 13.1 Å². The first-order valence-electron chi connectivity index (χ1n) is 5.36. The van der Waals surface area contributed by atoms with Gasteiger partial charge in [0, 0.05) is 20.2 Å². The summed E-state index contributed by atoms with van der Waals surface area (Å²) in [5.74, 6) is 0.126. The molecule has 0 bridgehead atoms. The molecule has 0 aliphatic rings. The van der Waals surface area contributed by atoms with Gasteiger partial charge in [-0.2, -0.15) is 0 Å². The first-order valence-corrected chi connectivity index (χ1v) is 7.08. The normalized spacial score (nSPS) is 14.7. The van der Waals surface area contributed by atoms with Gasteiger partial charge < -0.3 is 14.7 Å². The summed E-state index contributed by atoms with van der Waals surface area (Å²) in [5, 5.41) is 9.10. The van der Waals surface area contributed by atoms with Crippen LogP contribution in [0.5, 0.6) is 0 Å². The van der Waals surface area contributed by atoms with Crippen LogP contribution in [-0.4, -0.2) is 69.4 Å². The zero-order valence-electron chi connectivity index (χ0n) is 10.5. The van der Waals surface area contributed by atoms with E-state index in [9.17, 15) is 13.5 Å². The maximum Gasteiger partial charge on any atom is 0.153 e. The van der Waals surface area contributed by atoms with Crippen LogP contribution >= 0.6 is 0 Å². The summed E-state index contributed by atoms with van der Waals surface area (Å²) in [7, 11) is 0.311. The van der Waals surface area contributed by atoms with Crippen LogP contribution in [0, 0.1) is 0 Å². The number of aliphatic hydroxyl groups excluding tert-OH is 1. The molecular formula is C10H23NO4S. The fourth-order valence-electron chi connectivity index (χ4n) is 1.21. The first-order chi connectivity index (χ1) is 7.29. The Labute approximate surface area is 98.3 Å². The van der Waals surface area contributed by atoms with Crippen molar-refractivity contribution in [2.45, 2.75) is 25.2 Å². The third-order valence-electron chi connectivity index (χ3n) is 2.36. The van der Waals surface area contributed by atoms with Crippen molar-refractivity contribution in [1.82, 2.24) is 4.90 Å². The number of ether oxygens (including phenoxy) is 1. The molecule has 0 fully saturated rings. The number of hydrogen-bond donors (Lipinski definition) is 1. The van der Waals surface area contributed by atoms with E-state index in [4.69, 9.17) is 4.74 Å². The Hall–Kier alpha value is -0.170. The van der Waals surface area contributed by atoms with Crippen LogP contribution in [0.25, 0.3) is 0 Å². The van der Waals surface area contributed by atoms with Crippen molar-refractivity contribution < 1.29 is 18.3 Å². The van der Waals surface area contributed by atoms with Gasteiger partial charge in [-0.25, -0.2) is 8.42 Å². The molecule has 1 atom stereocenters. The third-order valence-corrected chi connectivity index (χ3v) is 4.55. The second-order valence-corrected chi connectivity index (χ2v) is 6.96. The molecule has 0 saturated heterocycles. The van der Waals surface area contributed by atoms with Crippen LogP contribution < -0.4 is 0 Å². The van der Waals surface area contributed by atoms with Gasteiger partial charge in [-0.1, -0.05) is 0 Å². The second kappa shape index (κ2) is 7.21. The van der Waals surface area contributed by atoms with Crippen LogP contribution in [0.1, 0.15) is 13.8 Å². The highest BCUT2D eigenvalue weighted by Gasteiger charge is 2.17. The van der Waals surface area contributed by atoms with E-state index in [-0.39, 0.29) is 17.6 Å². The highest BCUT2D eigenvalue weighted by Crippen LogP contribution is 2.01. The second-order valence-electron chi connectivity index (χ2n) is 4.29. The maximum absolute atomic E-state index is 11.5. The van der Waals surface area contributed by atoms with Gasteiger partial charge >= 0.3 is 0 Å². The molecule has 98 valence electrons. The molecule has 0 radical (unpaired) electrons. The Morgan fingerprint density at radius 3 is 2.38 bits per heavy atom. The molecule has 5 nitrogen and oxygen atoms in total. The number of likely N-dealkylation sites (N-methyl/N-ethyl adjacent to an activating group) is 1. The lowest BCUT2D eigenvalue weighted by molar-refractivity contribution is 0.0444. The monoisotopic (exact) mass is 253 g/mol. The molecule has 0 heterocycles. The summed E-state index contributed by atoms with van der Waals surface area (Å²) < 4.78 is 27.9. The summed E-state index contributed by atoms with van der Waals surface area (Å²) in [6, 6.07) is 0. The molecule has 16 heavy (non-hydrogen) atoms. The molecular weight excluding hydrogens is 230 g/mol. The van der Waals surface area contributed by atoms with Crippen molar-refractivity contribution in [2.24, 2.45) is 0 Å². The summed E-state index contributed by atoms with van der Waals surface area (Å²) in [6.45, 7) is 4.47. The van der Waals surface area contributed by atoms with Crippen molar-refractivity contribution in [1.29, 1.82) is 0 Å². The minimum atomic E-state index is -3.00. The summed E-state index contributed by atoms with van der Waals surface area (Å²) in [6.07, 6.45) is -0.572. The first kappa shape index (κ1) is 15.8. The van der Waals surface area contributed by atoms with E-state index in [2.05, 4.69) is 0 Å². The Kier molecular flexibility index (Phi) is 7.14.